The summed E-state index contributed by atoms with van der Waals surface area (Å²) in [6, 6.07) is -0.518. The number of nitrogens with one attached hydrogen (secondary N) is 1. The SMILES string of the molecule is CCCC/C=C\c1c([C@H](O)[C@H](CCCC)NC(=O)OC(C)(C)C)c1=O. The number of allylic oxidation sites excluding steroid dienone is 1. The molecule has 2 N–H and O–H groups in total. The van der Waals surface area contributed by atoms with Gasteiger partial charge >= 0.3 is 6.09 Å². The van der Waals surface area contributed by atoms with Crippen LogP contribution in [0.3, 0.4) is 0 Å². The molecule has 5 heteroatoms. The van der Waals surface area contributed by atoms with Crippen LogP contribution in [0.2, 0.25) is 0 Å². The van der Waals surface area contributed by atoms with Crippen molar-refractivity contribution in [1.82, 2.24) is 5.32 Å². The average Bonchev–Trinajstić information content (AvgIpc) is 3.15. The van der Waals surface area contributed by atoms with Crippen molar-refractivity contribution in [2.24, 2.45) is 0 Å². The Kier molecular flexibility index (Phi) is 8.36. The molecular formula is C20H33NO4. The fraction of sp³-hybridized carbons (Fsp3) is 0.700. The molecule has 142 valence electrons. The van der Waals surface area contributed by atoms with Gasteiger partial charge in [-0.1, -0.05) is 51.7 Å². The van der Waals surface area contributed by atoms with Gasteiger partial charge in [-0.2, -0.15) is 0 Å². The number of unbranched alkanes of at least 4 members (excludes halogenated alkanes) is 3. The number of carbonyl (C=O) groups excluding carboxylic acids is 1. The Morgan fingerprint density at radius 3 is 2.44 bits per heavy atom. The van der Waals surface area contributed by atoms with Crippen LogP contribution in [0, 0.1) is 0 Å². The molecule has 0 saturated heterocycles. The van der Waals surface area contributed by atoms with Crippen molar-refractivity contribution in [2.75, 3.05) is 0 Å². The van der Waals surface area contributed by atoms with Gasteiger partial charge in [0.15, 0.2) is 5.43 Å². The van der Waals surface area contributed by atoms with Gasteiger partial charge in [-0.25, -0.2) is 4.79 Å². The molecule has 0 spiro atoms. The van der Waals surface area contributed by atoms with Crippen LogP contribution in [0.15, 0.2) is 10.9 Å². The fourth-order valence-corrected chi connectivity index (χ4v) is 2.57. The molecular weight excluding hydrogens is 318 g/mol. The molecule has 5 nitrogen and oxygen atoms in total. The van der Waals surface area contributed by atoms with Gasteiger partial charge in [0.05, 0.1) is 6.04 Å². The van der Waals surface area contributed by atoms with Gasteiger partial charge in [-0.15, -0.1) is 0 Å². The first-order chi connectivity index (χ1) is 11.7. The Bertz CT molecular complexity index is 576. The fourth-order valence-electron chi connectivity index (χ4n) is 2.57. The minimum Gasteiger partial charge on any atom is -0.444 e. The van der Waals surface area contributed by atoms with Gasteiger partial charge in [0, 0.05) is 11.1 Å². The van der Waals surface area contributed by atoms with Crippen LogP contribution in [0.1, 0.15) is 90.4 Å². The number of amides is 1. The van der Waals surface area contributed by atoms with Crippen LogP contribution in [-0.4, -0.2) is 22.8 Å². The van der Waals surface area contributed by atoms with E-state index in [1.807, 2.05) is 13.0 Å². The van der Waals surface area contributed by atoms with Gasteiger partial charge in [0.2, 0.25) is 0 Å². The van der Waals surface area contributed by atoms with E-state index in [9.17, 15) is 14.7 Å². The molecule has 0 aliphatic carbocycles. The monoisotopic (exact) mass is 351 g/mol. The van der Waals surface area contributed by atoms with Crippen molar-refractivity contribution < 1.29 is 14.6 Å². The average molecular weight is 351 g/mol. The smallest absolute Gasteiger partial charge is 0.407 e. The summed E-state index contributed by atoms with van der Waals surface area (Å²) < 4.78 is 5.27. The quantitative estimate of drug-likeness (QED) is 0.618. The molecule has 1 aromatic rings. The van der Waals surface area contributed by atoms with E-state index in [0.717, 1.165) is 32.1 Å². The lowest BCUT2D eigenvalue weighted by atomic mass is 10.0. The largest absolute Gasteiger partial charge is 0.444 e. The molecule has 1 amide bonds. The van der Waals surface area contributed by atoms with Gasteiger partial charge in [-0.3, -0.25) is 4.79 Å². The number of aliphatic hydroxyl groups excluding tert-OH is 1. The molecule has 1 aromatic carbocycles. The zero-order valence-corrected chi connectivity index (χ0v) is 16.2. The maximum atomic E-state index is 12.0. The third kappa shape index (κ3) is 7.43. The highest BCUT2D eigenvalue weighted by Gasteiger charge is 2.33. The number of rotatable bonds is 10. The van der Waals surface area contributed by atoms with Crippen LogP contribution < -0.4 is 10.7 Å². The number of ether oxygens (including phenoxy) is 1. The first kappa shape index (κ1) is 21.4. The van der Waals surface area contributed by atoms with Crippen LogP contribution in [-0.2, 0) is 4.74 Å². The van der Waals surface area contributed by atoms with E-state index < -0.39 is 23.8 Å². The lowest BCUT2D eigenvalue weighted by molar-refractivity contribution is 0.0414. The number of hydrogen-bond acceptors (Lipinski definition) is 4. The summed E-state index contributed by atoms with van der Waals surface area (Å²) in [5.41, 5.74) is 0.292. The number of aliphatic hydroxyl groups is 1. The summed E-state index contributed by atoms with van der Waals surface area (Å²) in [6.07, 6.45) is 7.70. The topological polar surface area (TPSA) is 75.6 Å². The van der Waals surface area contributed by atoms with E-state index in [-0.39, 0.29) is 5.43 Å². The summed E-state index contributed by atoms with van der Waals surface area (Å²) in [5, 5.41) is 13.3. The Morgan fingerprint density at radius 1 is 1.24 bits per heavy atom. The molecule has 1 rings (SSSR count). The van der Waals surface area contributed by atoms with E-state index in [1.54, 1.807) is 26.8 Å². The predicted octanol–water partition coefficient (Wildman–Crippen LogP) is 4.24. The predicted molar refractivity (Wildman–Crippen MR) is 101 cm³/mol. The molecule has 0 bridgehead atoms. The van der Waals surface area contributed by atoms with Crippen molar-refractivity contribution in [1.29, 1.82) is 0 Å². The second-order valence-corrected chi connectivity index (χ2v) is 7.54. The van der Waals surface area contributed by atoms with Gasteiger partial charge in [-0.05, 0) is 33.6 Å². The summed E-state index contributed by atoms with van der Waals surface area (Å²) in [7, 11) is 0. The summed E-state index contributed by atoms with van der Waals surface area (Å²) in [4.78, 5) is 24.0. The second kappa shape index (κ2) is 9.76. The minimum absolute atomic E-state index is 0.104. The first-order valence-electron chi connectivity index (χ1n) is 9.34. The minimum atomic E-state index is -0.989. The van der Waals surface area contributed by atoms with Crippen LogP contribution >= 0.6 is 0 Å². The Labute approximate surface area is 151 Å². The highest BCUT2D eigenvalue weighted by Crippen LogP contribution is 2.26. The molecule has 0 aliphatic heterocycles. The lowest BCUT2D eigenvalue weighted by Crippen LogP contribution is -2.42. The summed E-state index contributed by atoms with van der Waals surface area (Å²) in [6.45, 7) is 9.52. The van der Waals surface area contributed by atoms with E-state index >= 15 is 0 Å². The molecule has 0 unspecified atom stereocenters. The van der Waals surface area contributed by atoms with Crippen molar-refractivity contribution in [2.45, 2.75) is 90.9 Å². The summed E-state index contributed by atoms with van der Waals surface area (Å²) in [5.74, 6) is 0. The van der Waals surface area contributed by atoms with Crippen LogP contribution in [0.4, 0.5) is 4.79 Å². The van der Waals surface area contributed by atoms with Crippen LogP contribution in [0.25, 0.3) is 6.08 Å². The number of alkyl carbamates (subject to hydrolysis) is 1. The zero-order chi connectivity index (χ0) is 19.0. The number of hydrogen-bond donors (Lipinski definition) is 2. The van der Waals surface area contributed by atoms with Crippen molar-refractivity contribution in [3.63, 3.8) is 0 Å². The lowest BCUT2D eigenvalue weighted by Gasteiger charge is -2.25. The van der Waals surface area contributed by atoms with Crippen molar-refractivity contribution >= 4 is 12.2 Å². The van der Waals surface area contributed by atoms with Gasteiger partial charge in [0.25, 0.3) is 0 Å². The highest BCUT2D eigenvalue weighted by atomic mass is 16.6. The maximum Gasteiger partial charge on any atom is 0.407 e. The highest BCUT2D eigenvalue weighted by molar-refractivity contribution is 5.69. The molecule has 2 atom stereocenters. The summed E-state index contributed by atoms with van der Waals surface area (Å²) >= 11 is 0. The van der Waals surface area contributed by atoms with Gasteiger partial charge in [0.1, 0.15) is 11.7 Å². The Balaban J connectivity index is 2.74. The molecule has 0 aromatic heterocycles. The molecule has 25 heavy (non-hydrogen) atoms. The zero-order valence-electron chi connectivity index (χ0n) is 16.2. The maximum absolute atomic E-state index is 12.0. The van der Waals surface area contributed by atoms with Crippen LogP contribution in [0.5, 0.6) is 0 Å². The molecule has 0 aliphatic rings. The van der Waals surface area contributed by atoms with E-state index in [2.05, 4.69) is 12.2 Å². The van der Waals surface area contributed by atoms with E-state index in [0.29, 0.717) is 17.5 Å². The Morgan fingerprint density at radius 2 is 1.88 bits per heavy atom. The van der Waals surface area contributed by atoms with Crippen molar-refractivity contribution in [3.8, 4) is 0 Å². The first-order valence-corrected chi connectivity index (χ1v) is 9.34. The normalized spacial score (nSPS) is 14.8. The van der Waals surface area contributed by atoms with Crippen molar-refractivity contribution in [3.05, 3.63) is 27.4 Å². The molecule has 0 heterocycles. The van der Waals surface area contributed by atoms with E-state index in [4.69, 9.17) is 4.74 Å². The third-order valence-electron chi connectivity index (χ3n) is 3.97. The molecule has 0 saturated carbocycles. The van der Waals surface area contributed by atoms with E-state index in [1.165, 1.54) is 0 Å². The van der Waals surface area contributed by atoms with Gasteiger partial charge < -0.3 is 15.2 Å². The third-order valence-corrected chi connectivity index (χ3v) is 3.97. The Hall–Kier alpha value is -1.62. The molecule has 0 radical (unpaired) electrons. The standard InChI is InChI=1S/C20H33NO4/c1-6-8-10-11-12-14-16(17(14)22)18(23)15(13-9-7-2)21-19(24)25-20(3,4)5/h11-12,15,18,23H,6-10,13H2,1-5H3,(H,21,24)/b12-11-/t15-,18+/m0/s1. The molecule has 0 fully saturated rings. The second-order valence-electron chi connectivity index (χ2n) is 7.54. The number of carbonyl (C=O) groups is 1.